The number of aromatic nitrogens is 4. The number of H-pyrrole nitrogens is 1. The molecule has 7 nitrogen and oxygen atoms in total. The standard InChI is InChI=1S/C16H12N4O3/c21-11-7-5-10(6-8-11)9-19-12-3-1-2-4-13(12)20-15(23)14(22)17-18-16(19)20/h1-8,21H,9H2,(H,17,22). The molecule has 23 heavy (non-hydrogen) atoms. The molecule has 0 atom stereocenters. The van der Waals surface area contributed by atoms with Gasteiger partial charge in [-0.3, -0.25) is 9.59 Å². The van der Waals surface area contributed by atoms with Crippen LogP contribution in [0.4, 0.5) is 0 Å². The van der Waals surface area contributed by atoms with Crippen molar-refractivity contribution < 1.29 is 5.11 Å². The van der Waals surface area contributed by atoms with Crippen molar-refractivity contribution in [2.75, 3.05) is 0 Å². The second-order valence-electron chi connectivity index (χ2n) is 5.23. The molecule has 0 unspecified atom stereocenters. The maximum Gasteiger partial charge on any atom is 0.330 e. The van der Waals surface area contributed by atoms with Crippen molar-refractivity contribution in [1.29, 1.82) is 0 Å². The molecule has 2 N–H and O–H groups in total. The molecule has 0 aliphatic heterocycles. The summed E-state index contributed by atoms with van der Waals surface area (Å²) in [5, 5.41) is 15.7. The summed E-state index contributed by atoms with van der Waals surface area (Å²) in [5.41, 5.74) is 0.950. The van der Waals surface area contributed by atoms with Gasteiger partial charge in [0.15, 0.2) is 0 Å². The number of hydrogen-bond acceptors (Lipinski definition) is 4. The molecule has 0 fully saturated rings. The van der Waals surface area contributed by atoms with Gasteiger partial charge in [0.2, 0.25) is 5.78 Å². The predicted octanol–water partition coefficient (Wildman–Crippen LogP) is 1.09. The first-order valence-corrected chi connectivity index (χ1v) is 7.02. The van der Waals surface area contributed by atoms with Gasteiger partial charge in [-0.1, -0.05) is 24.3 Å². The molecule has 2 heterocycles. The summed E-state index contributed by atoms with van der Waals surface area (Å²) in [6, 6.07) is 14.1. The van der Waals surface area contributed by atoms with Crippen LogP contribution in [0.2, 0.25) is 0 Å². The lowest BCUT2D eigenvalue weighted by molar-refractivity contribution is 0.475. The summed E-state index contributed by atoms with van der Waals surface area (Å²) in [6.45, 7) is 0.454. The van der Waals surface area contributed by atoms with Crippen LogP contribution in [0.3, 0.4) is 0 Å². The average Bonchev–Trinajstić information content (AvgIpc) is 2.88. The average molecular weight is 308 g/mol. The fraction of sp³-hybridized carbons (Fsp3) is 0.0625. The number of imidazole rings is 1. The highest BCUT2D eigenvalue weighted by Gasteiger charge is 2.14. The van der Waals surface area contributed by atoms with Crippen LogP contribution < -0.4 is 11.1 Å². The fourth-order valence-corrected chi connectivity index (χ4v) is 2.72. The van der Waals surface area contributed by atoms with Gasteiger partial charge in [0.25, 0.3) is 0 Å². The first-order chi connectivity index (χ1) is 11.1. The number of fused-ring (bicyclic) bond motifs is 3. The molecular weight excluding hydrogens is 296 g/mol. The molecule has 0 saturated heterocycles. The van der Waals surface area contributed by atoms with Crippen LogP contribution in [-0.2, 0) is 6.54 Å². The third kappa shape index (κ3) is 2.02. The Balaban J connectivity index is 2.04. The van der Waals surface area contributed by atoms with Crippen molar-refractivity contribution in [3.63, 3.8) is 0 Å². The van der Waals surface area contributed by atoms with E-state index in [2.05, 4.69) is 10.2 Å². The molecule has 7 heteroatoms. The Morgan fingerprint density at radius 3 is 2.43 bits per heavy atom. The largest absolute Gasteiger partial charge is 0.508 e. The fourth-order valence-electron chi connectivity index (χ4n) is 2.72. The maximum atomic E-state index is 12.2. The van der Waals surface area contributed by atoms with Gasteiger partial charge in [0, 0.05) is 0 Å². The molecule has 0 saturated carbocycles. The maximum absolute atomic E-state index is 12.2. The summed E-state index contributed by atoms with van der Waals surface area (Å²) >= 11 is 0. The minimum Gasteiger partial charge on any atom is -0.508 e. The number of aromatic hydroxyl groups is 1. The molecule has 2 aromatic carbocycles. The van der Waals surface area contributed by atoms with Gasteiger partial charge in [-0.05, 0) is 29.8 Å². The molecule has 0 radical (unpaired) electrons. The van der Waals surface area contributed by atoms with E-state index in [1.807, 2.05) is 16.7 Å². The monoisotopic (exact) mass is 308 g/mol. The van der Waals surface area contributed by atoms with Gasteiger partial charge in [-0.15, -0.1) is 5.10 Å². The number of nitrogens with zero attached hydrogens (tertiary/aromatic N) is 3. The third-order valence-electron chi connectivity index (χ3n) is 3.79. The quantitative estimate of drug-likeness (QED) is 0.542. The molecule has 0 amide bonds. The number of aromatic amines is 1. The van der Waals surface area contributed by atoms with Gasteiger partial charge >= 0.3 is 11.1 Å². The summed E-state index contributed by atoms with van der Waals surface area (Å²) < 4.78 is 3.16. The van der Waals surface area contributed by atoms with Gasteiger partial charge < -0.3 is 9.67 Å². The topological polar surface area (TPSA) is 92.4 Å². The zero-order chi connectivity index (χ0) is 16.0. The number of nitrogens with one attached hydrogen (secondary N) is 1. The predicted molar refractivity (Wildman–Crippen MR) is 84.8 cm³/mol. The van der Waals surface area contributed by atoms with Crippen LogP contribution in [0.15, 0.2) is 58.1 Å². The van der Waals surface area contributed by atoms with Gasteiger partial charge in [0.1, 0.15) is 5.75 Å². The highest BCUT2D eigenvalue weighted by Crippen LogP contribution is 2.19. The highest BCUT2D eigenvalue weighted by molar-refractivity contribution is 5.80. The van der Waals surface area contributed by atoms with Crippen LogP contribution in [0.1, 0.15) is 5.56 Å². The van der Waals surface area contributed by atoms with E-state index in [-0.39, 0.29) is 5.75 Å². The van der Waals surface area contributed by atoms with E-state index in [0.717, 1.165) is 11.1 Å². The molecule has 0 aliphatic carbocycles. The van der Waals surface area contributed by atoms with Gasteiger partial charge in [-0.2, -0.15) is 0 Å². The Morgan fingerprint density at radius 2 is 1.70 bits per heavy atom. The van der Waals surface area contributed by atoms with E-state index in [0.29, 0.717) is 17.8 Å². The number of benzene rings is 2. The van der Waals surface area contributed by atoms with Crippen LogP contribution >= 0.6 is 0 Å². The van der Waals surface area contributed by atoms with Crippen molar-refractivity contribution in [1.82, 2.24) is 19.2 Å². The van der Waals surface area contributed by atoms with Crippen molar-refractivity contribution >= 4 is 16.8 Å². The van der Waals surface area contributed by atoms with Crippen molar-refractivity contribution in [3.05, 3.63) is 74.8 Å². The SMILES string of the molecule is O=c1[nH]nc2n(Cc3ccc(O)cc3)c3ccccc3n2c1=O. The summed E-state index contributed by atoms with van der Waals surface area (Å²) in [4.78, 5) is 23.8. The lowest BCUT2D eigenvalue weighted by atomic mass is 10.2. The Labute approximate surface area is 129 Å². The number of phenolic OH excluding ortho intramolecular Hbond substituents is 1. The van der Waals surface area contributed by atoms with Crippen LogP contribution in [0.5, 0.6) is 5.75 Å². The van der Waals surface area contributed by atoms with E-state index in [4.69, 9.17) is 0 Å². The van der Waals surface area contributed by atoms with Crippen molar-refractivity contribution in [3.8, 4) is 5.75 Å². The van der Waals surface area contributed by atoms with Gasteiger partial charge in [0.05, 0.1) is 17.6 Å². The first kappa shape index (κ1) is 13.3. The Morgan fingerprint density at radius 1 is 1.00 bits per heavy atom. The number of hydrogen-bond donors (Lipinski definition) is 2. The summed E-state index contributed by atoms with van der Waals surface area (Å²) in [6.07, 6.45) is 0. The smallest absolute Gasteiger partial charge is 0.330 e. The van der Waals surface area contributed by atoms with Crippen LogP contribution in [-0.4, -0.2) is 24.3 Å². The lowest BCUT2D eigenvalue weighted by Crippen LogP contribution is -2.33. The Kier molecular flexibility index (Phi) is 2.80. The van der Waals surface area contributed by atoms with Crippen LogP contribution in [0.25, 0.3) is 16.8 Å². The Bertz CT molecular complexity index is 1140. The van der Waals surface area contributed by atoms with E-state index in [9.17, 15) is 14.7 Å². The van der Waals surface area contributed by atoms with E-state index in [1.54, 1.807) is 36.4 Å². The van der Waals surface area contributed by atoms with Crippen molar-refractivity contribution in [2.24, 2.45) is 0 Å². The third-order valence-corrected chi connectivity index (χ3v) is 3.79. The van der Waals surface area contributed by atoms with Crippen LogP contribution in [0, 0.1) is 0 Å². The van der Waals surface area contributed by atoms with Gasteiger partial charge in [-0.25, -0.2) is 9.50 Å². The highest BCUT2D eigenvalue weighted by atomic mass is 16.3. The number of phenols is 1. The number of para-hydroxylation sites is 2. The zero-order valence-electron chi connectivity index (χ0n) is 11.9. The van der Waals surface area contributed by atoms with E-state index < -0.39 is 11.1 Å². The van der Waals surface area contributed by atoms with E-state index >= 15 is 0 Å². The normalized spacial score (nSPS) is 11.3. The first-order valence-electron chi connectivity index (χ1n) is 7.02. The number of rotatable bonds is 2. The second kappa shape index (κ2) is 4.84. The minimum atomic E-state index is -0.755. The molecule has 2 aromatic heterocycles. The molecular formula is C16H12N4O3. The molecule has 0 bridgehead atoms. The summed E-state index contributed by atoms with van der Waals surface area (Å²) in [5.74, 6) is 0.554. The lowest BCUT2D eigenvalue weighted by Gasteiger charge is -2.05. The Hall–Kier alpha value is -3.35. The molecule has 0 spiro atoms. The summed E-state index contributed by atoms with van der Waals surface area (Å²) in [7, 11) is 0. The molecule has 4 aromatic rings. The van der Waals surface area contributed by atoms with Crippen molar-refractivity contribution in [2.45, 2.75) is 6.54 Å². The molecule has 0 aliphatic rings. The molecule has 4 rings (SSSR count). The zero-order valence-corrected chi connectivity index (χ0v) is 11.9. The minimum absolute atomic E-state index is 0.189. The second-order valence-corrected chi connectivity index (χ2v) is 5.23. The van der Waals surface area contributed by atoms with E-state index in [1.165, 1.54) is 4.40 Å². The molecule has 114 valence electrons.